The zero-order valence-corrected chi connectivity index (χ0v) is 11.9. The second-order valence-electron chi connectivity index (χ2n) is 4.93. The Balaban J connectivity index is 2.05. The minimum absolute atomic E-state index is 0.179. The monoisotopic (exact) mass is 280 g/mol. The van der Waals surface area contributed by atoms with Gasteiger partial charge >= 0.3 is 5.97 Å². The van der Waals surface area contributed by atoms with Crippen LogP contribution in [0.2, 0.25) is 0 Å². The molecule has 0 saturated carbocycles. The molecule has 0 aromatic heterocycles. The Kier molecular flexibility index (Phi) is 4.58. The molecule has 104 valence electrons. The summed E-state index contributed by atoms with van der Waals surface area (Å²) in [5, 5.41) is 13.1. The topological polar surface area (TPSA) is 75.3 Å². The van der Waals surface area contributed by atoms with Gasteiger partial charge in [0.1, 0.15) is 0 Å². The predicted octanol–water partition coefficient (Wildman–Crippen LogP) is 2.97. The Bertz CT molecular complexity index is 471. The third-order valence-electron chi connectivity index (χ3n) is 3.43. The number of rotatable bonds is 4. The van der Waals surface area contributed by atoms with E-state index in [1.54, 1.807) is 6.07 Å². The summed E-state index contributed by atoms with van der Waals surface area (Å²) in [5.41, 5.74) is 7.96. The number of anilines is 2. The van der Waals surface area contributed by atoms with E-state index in [4.69, 9.17) is 10.8 Å². The minimum Gasteiger partial charge on any atom is -0.478 e. The second-order valence-corrected chi connectivity index (χ2v) is 6.34. The number of aromatic carboxylic acids is 1. The summed E-state index contributed by atoms with van der Waals surface area (Å²) in [4.78, 5) is 11.1. The highest BCUT2D eigenvalue weighted by Gasteiger charge is 2.15. The molecule has 0 amide bonds. The van der Waals surface area contributed by atoms with Crippen LogP contribution in [-0.2, 0) is 0 Å². The Morgan fingerprint density at radius 1 is 1.53 bits per heavy atom. The fourth-order valence-corrected chi connectivity index (χ4v) is 3.52. The SMILES string of the molecule is Cc1cc(NCC2CCCCS2)cc(C(=O)O)c1N. The van der Waals surface area contributed by atoms with Crippen molar-refractivity contribution in [3.8, 4) is 0 Å². The number of hydrogen-bond donors (Lipinski definition) is 3. The molecular weight excluding hydrogens is 260 g/mol. The van der Waals surface area contributed by atoms with Crippen LogP contribution in [0, 0.1) is 6.92 Å². The van der Waals surface area contributed by atoms with Crippen molar-refractivity contribution in [3.05, 3.63) is 23.3 Å². The van der Waals surface area contributed by atoms with Crippen molar-refractivity contribution < 1.29 is 9.90 Å². The average Bonchev–Trinajstić information content (AvgIpc) is 2.41. The number of thioether (sulfide) groups is 1. The first-order valence-electron chi connectivity index (χ1n) is 6.57. The lowest BCUT2D eigenvalue weighted by Crippen LogP contribution is -2.20. The summed E-state index contributed by atoms with van der Waals surface area (Å²) >= 11 is 2.00. The van der Waals surface area contributed by atoms with Crippen molar-refractivity contribution in [1.82, 2.24) is 0 Å². The summed E-state index contributed by atoms with van der Waals surface area (Å²) in [7, 11) is 0. The van der Waals surface area contributed by atoms with Crippen molar-refractivity contribution in [2.24, 2.45) is 0 Å². The molecule has 1 aromatic carbocycles. The van der Waals surface area contributed by atoms with Crippen LogP contribution in [-0.4, -0.2) is 28.6 Å². The van der Waals surface area contributed by atoms with E-state index in [9.17, 15) is 4.79 Å². The fraction of sp³-hybridized carbons (Fsp3) is 0.500. The molecule has 0 aliphatic carbocycles. The number of nitrogen functional groups attached to an aromatic ring is 1. The van der Waals surface area contributed by atoms with Gasteiger partial charge in [0.25, 0.3) is 0 Å². The molecule has 0 radical (unpaired) electrons. The van der Waals surface area contributed by atoms with Crippen LogP contribution in [0.3, 0.4) is 0 Å². The van der Waals surface area contributed by atoms with Gasteiger partial charge < -0.3 is 16.2 Å². The number of aryl methyl sites for hydroxylation is 1. The average molecular weight is 280 g/mol. The van der Waals surface area contributed by atoms with Crippen molar-refractivity contribution in [2.75, 3.05) is 23.3 Å². The van der Waals surface area contributed by atoms with Crippen molar-refractivity contribution in [1.29, 1.82) is 0 Å². The Hall–Kier alpha value is -1.36. The Morgan fingerprint density at radius 3 is 2.95 bits per heavy atom. The van der Waals surface area contributed by atoms with E-state index in [0.29, 0.717) is 10.9 Å². The molecule has 4 nitrogen and oxygen atoms in total. The first-order valence-corrected chi connectivity index (χ1v) is 7.61. The number of nitrogens with one attached hydrogen (secondary N) is 1. The van der Waals surface area contributed by atoms with E-state index in [0.717, 1.165) is 17.8 Å². The van der Waals surface area contributed by atoms with E-state index in [1.165, 1.54) is 25.0 Å². The van der Waals surface area contributed by atoms with Crippen molar-refractivity contribution >= 4 is 29.1 Å². The van der Waals surface area contributed by atoms with Gasteiger partial charge in [0.2, 0.25) is 0 Å². The molecule has 0 bridgehead atoms. The molecule has 2 rings (SSSR count). The van der Waals surface area contributed by atoms with Gasteiger partial charge in [-0.15, -0.1) is 0 Å². The van der Waals surface area contributed by atoms with E-state index in [-0.39, 0.29) is 5.56 Å². The third kappa shape index (κ3) is 3.56. The largest absolute Gasteiger partial charge is 0.478 e. The van der Waals surface area contributed by atoms with Gasteiger partial charge in [0.05, 0.1) is 5.56 Å². The number of nitrogens with two attached hydrogens (primary N) is 1. The van der Waals surface area contributed by atoms with E-state index >= 15 is 0 Å². The number of carboxylic acid groups (broad SMARTS) is 1. The normalized spacial score (nSPS) is 19.1. The molecule has 1 aromatic rings. The van der Waals surface area contributed by atoms with Gasteiger partial charge in [-0.3, -0.25) is 0 Å². The smallest absolute Gasteiger partial charge is 0.337 e. The summed E-state index contributed by atoms with van der Waals surface area (Å²) in [6.45, 7) is 2.72. The van der Waals surface area contributed by atoms with E-state index in [1.807, 2.05) is 24.8 Å². The van der Waals surface area contributed by atoms with Crippen LogP contribution >= 0.6 is 11.8 Å². The van der Waals surface area contributed by atoms with Gasteiger partial charge in [0.15, 0.2) is 0 Å². The molecule has 0 spiro atoms. The lowest BCUT2D eigenvalue weighted by molar-refractivity contribution is 0.0698. The lowest BCUT2D eigenvalue weighted by atomic mass is 10.1. The van der Waals surface area contributed by atoms with Crippen LogP contribution in [0.5, 0.6) is 0 Å². The second kappa shape index (κ2) is 6.19. The van der Waals surface area contributed by atoms with Gasteiger partial charge in [0, 0.05) is 23.2 Å². The van der Waals surface area contributed by atoms with Crippen LogP contribution in [0.15, 0.2) is 12.1 Å². The van der Waals surface area contributed by atoms with E-state index in [2.05, 4.69) is 5.32 Å². The van der Waals surface area contributed by atoms with Crippen LogP contribution in [0.1, 0.15) is 35.2 Å². The molecule has 1 saturated heterocycles. The first-order chi connectivity index (χ1) is 9.08. The van der Waals surface area contributed by atoms with Crippen molar-refractivity contribution in [2.45, 2.75) is 31.4 Å². The standard InChI is InChI=1S/C14H20N2O2S/c1-9-6-10(7-12(13(9)15)14(17)18)16-8-11-4-2-3-5-19-11/h6-7,11,16H,2-5,8,15H2,1H3,(H,17,18). The summed E-state index contributed by atoms with van der Waals surface area (Å²) in [6, 6.07) is 3.54. The number of benzene rings is 1. The highest BCUT2D eigenvalue weighted by atomic mass is 32.2. The highest BCUT2D eigenvalue weighted by Crippen LogP contribution is 2.27. The summed E-state index contributed by atoms with van der Waals surface area (Å²) in [5.74, 6) is 0.254. The highest BCUT2D eigenvalue weighted by molar-refractivity contribution is 7.99. The molecule has 5 heteroatoms. The third-order valence-corrected chi connectivity index (χ3v) is 4.82. The molecule has 19 heavy (non-hydrogen) atoms. The number of carboxylic acids is 1. The molecule has 1 aliphatic heterocycles. The molecular formula is C14H20N2O2S. The predicted molar refractivity (Wildman–Crippen MR) is 81.1 cm³/mol. The maximum absolute atomic E-state index is 11.1. The lowest BCUT2D eigenvalue weighted by Gasteiger charge is -2.22. The molecule has 1 fully saturated rings. The number of carbonyl (C=O) groups is 1. The zero-order chi connectivity index (χ0) is 13.8. The van der Waals surface area contributed by atoms with Crippen LogP contribution < -0.4 is 11.1 Å². The maximum atomic E-state index is 11.1. The van der Waals surface area contributed by atoms with Crippen molar-refractivity contribution in [3.63, 3.8) is 0 Å². The maximum Gasteiger partial charge on any atom is 0.337 e. The summed E-state index contributed by atoms with van der Waals surface area (Å²) < 4.78 is 0. The van der Waals surface area contributed by atoms with E-state index < -0.39 is 5.97 Å². The molecule has 4 N–H and O–H groups in total. The minimum atomic E-state index is -0.976. The molecule has 1 unspecified atom stereocenters. The summed E-state index contributed by atoms with van der Waals surface area (Å²) in [6.07, 6.45) is 3.84. The number of hydrogen-bond acceptors (Lipinski definition) is 4. The van der Waals surface area contributed by atoms with Crippen LogP contribution in [0.25, 0.3) is 0 Å². The van der Waals surface area contributed by atoms with Crippen LogP contribution in [0.4, 0.5) is 11.4 Å². The molecule has 1 heterocycles. The van der Waals surface area contributed by atoms with Gasteiger partial charge in [-0.05, 0) is 43.2 Å². The zero-order valence-electron chi connectivity index (χ0n) is 11.1. The first kappa shape index (κ1) is 14.1. The van der Waals surface area contributed by atoms with Gasteiger partial charge in [-0.1, -0.05) is 6.42 Å². The fourth-order valence-electron chi connectivity index (χ4n) is 2.28. The molecule has 1 atom stereocenters. The quantitative estimate of drug-likeness (QED) is 0.739. The molecule has 1 aliphatic rings. The van der Waals surface area contributed by atoms with Gasteiger partial charge in [-0.2, -0.15) is 11.8 Å². The van der Waals surface area contributed by atoms with Gasteiger partial charge in [-0.25, -0.2) is 4.79 Å². The Labute approximate surface area is 117 Å². The Morgan fingerprint density at radius 2 is 2.32 bits per heavy atom.